The molecule has 2 heterocycles. The van der Waals surface area contributed by atoms with Crippen molar-refractivity contribution in [3.05, 3.63) is 35.6 Å². The summed E-state index contributed by atoms with van der Waals surface area (Å²) >= 11 is 0. The fourth-order valence-electron chi connectivity index (χ4n) is 3.42. The van der Waals surface area contributed by atoms with E-state index in [0.29, 0.717) is 18.5 Å². The Bertz CT molecular complexity index is 694. The molecule has 3 atom stereocenters. The van der Waals surface area contributed by atoms with Crippen LogP contribution in [0, 0.1) is 11.7 Å². The highest BCUT2D eigenvalue weighted by Gasteiger charge is 2.59. The van der Waals surface area contributed by atoms with Crippen LogP contribution in [0.2, 0.25) is 0 Å². The summed E-state index contributed by atoms with van der Waals surface area (Å²) in [6, 6.07) is 5.13. The molecule has 2 aliphatic rings. The van der Waals surface area contributed by atoms with Crippen molar-refractivity contribution in [2.24, 2.45) is 11.7 Å². The first-order chi connectivity index (χ1) is 11.9. The molecule has 2 fully saturated rings. The van der Waals surface area contributed by atoms with Crippen LogP contribution in [0.4, 0.5) is 4.39 Å². The van der Waals surface area contributed by atoms with Gasteiger partial charge in [-0.25, -0.2) is 4.39 Å². The van der Waals surface area contributed by atoms with Crippen LogP contribution >= 0.6 is 0 Å². The van der Waals surface area contributed by atoms with Gasteiger partial charge in [-0.05, 0) is 24.1 Å². The molecule has 2 aliphatic heterocycles. The molecule has 2 saturated heterocycles. The molecule has 7 nitrogen and oxygen atoms in total. The number of halogens is 1. The number of nitrogens with two attached hydrogens (primary N) is 1. The van der Waals surface area contributed by atoms with Crippen molar-refractivity contribution in [3.8, 4) is 0 Å². The van der Waals surface area contributed by atoms with Crippen LogP contribution in [-0.2, 0) is 19.2 Å². The smallest absolute Gasteiger partial charge is 0.261 e. The van der Waals surface area contributed by atoms with Crippen molar-refractivity contribution in [2.75, 3.05) is 13.1 Å². The second-order valence-electron chi connectivity index (χ2n) is 6.23. The molecule has 0 spiro atoms. The molecule has 0 radical (unpaired) electrons. The third-order valence-electron chi connectivity index (χ3n) is 4.52. The Morgan fingerprint density at radius 3 is 2.48 bits per heavy atom. The molecule has 1 aromatic carbocycles. The third kappa shape index (κ3) is 3.14. The number of benzene rings is 1. The van der Waals surface area contributed by atoms with Crippen molar-refractivity contribution in [1.29, 1.82) is 0 Å². The van der Waals surface area contributed by atoms with Crippen LogP contribution in [0.5, 0.6) is 0 Å². The van der Waals surface area contributed by atoms with Gasteiger partial charge in [-0.1, -0.05) is 19.1 Å². The van der Waals surface area contributed by atoms with E-state index in [1.54, 1.807) is 12.1 Å². The zero-order valence-corrected chi connectivity index (χ0v) is 13.9. The van der Waals surface area contributed by atoms with E-state index in [-0.39, 0.29) is 24.8 Å². The van der Waals surface area contributed by atoms with Gasteiger partial charge in [-0.2, -0.15) is 5.06 Å². The summed E-state index contributed by atoms with van der Waals surface area (Å²) in [5, 5.41) is 1.45. The van der Waals surface area contributed by atoms with Gasteiger partial charge in [0.2, 0.25) is 11.8 Å². The van der Waals surface area contributed by atoms with Gasteiger partial charge in [0.1, 0.15) is 5.82 Å². The summed E-state index contributed by atoms with van der Waals surface area (Å²) in [5.41, 5.74) is 5.84. The van der Waals surface area contributed by atoms with E-state index >= 15 is 0 Å². The number of hydrogen-bond acceptors (Lipinski definition) is 5. The lowest BCUT2D eigenvalue weighted by Crippen LogP contribution is -2.38. The van der Waals surface area contributed by atoms with Crippen LogP contribution in [0.1, 0.15) is 31.4 Å². The van der Waals surface area contributed by atoms with Crippen molar-refractivity contribution in [2.45, 2.75) is 31.9 Å². The quantitative estimate of drug-likeness (QED) is 0.765. The predicted octanol–water partition coefficient (Wildman–Crippen LogP) is 0.753. The fraction of sp³-hybridized carbons (Fsp3) is 0.471. The molecule has 2 N–H and O–H groups in total. The lowest BCUT2D eigenvalue weighted by molar-refractivity contribution is -0.180. The van der Waals surface area contributed by atoms with Gasteiger partial charge in [0, 0.05) is 19.5 Å². The van der Waals surface area contributed by atoms with Gasteiger partial charge in [0.25, 0.3) is 5.91 Å². The van der Waals surface area contributed by atoms with Gasteiger partial charge < -0.3 is 5.73 Å². The van der Waals surface area contributed by atoms with E-state index < -0.39 is 29.8 Å². The highest BCUT2D eigenvalue weighted by atomic mass is 19.1. The number of carbonyl (C=O) groups is 3. The number of amides is 3. The molecule has 3 rings (SSSR count). The molecule has 1 aromatic rings. The number of hydrogen-bond donors (Lipinski definition) is 1. The maximum atomic E-state index is 13.3. The summed E-state index contributed by atoms with van der Waals surface area (Å²) in [4.78, 5) is 43.3. The maximum Gasteiger partial charge on any atom is 0.261 e. The van der Waals surface area contributed by atoms with E-state index in [1.165, 1.54) is 22.1 Å². The fourth-order valence-corrected chi connectivity index (χ4v) is 3.42. The number of carbonyl (C=O) groups excluding carboxylic acids is 3. The zero-order valence-electron chi connectivity index (χ0n) is 13.9. The topological polar surface area (TPSA) is 92.9 Å². The Morgan fingerprint density at radius 1 is 1.20 bits per heavy atom. The lowest BCUT2D eigenvalue weighted by atomic mass is 9.91. The average molecular weight is 349 g/mol. The summed E-state index contributed by atoms with van der Waals surface area (Å²) < 4.78 is 13.3. The summed E-state index contributed by atoms with van der Waals surface area (Å²) in [6.07, 6.45) is -0.233. The van der Waals surface area contributed by atoms with Crippen LogP contribution in [0.3, 0.4) is 0 Å². The van der Waals surface area contributed by atoms with Crippen molar-refractivity contribution >= 4 is 17.7 Å². The Hall–Kier alpha value is -2.32. The molecule has 8 heteroatoms. The normalized spacial score (nSPS) is 26.3. The standard InChI is InChI=1S/C17H20FN3O4/c1-2-8-20-16(23)13-14(10-3-5-11(18)6-4-10)21(9-7-12(19)22)25-15(13)17(20)24/h3-6,13-15H,2,7-9H2,1H3,(H2,19,22). The Labute approximate surface area is 144 Å². The SMILES string of the molecule is CCCN1C(=O)C2ON(CCC(N)=O)C(c3ccc(F)cc3)C2C1=O. The first-order valence-electron chi connectivity index (χ1n) is 8.26. The lowest BCUT2D eigenvalue weighted by Gasteiger charge is -2.26. The molecule has 3 unspecified atom stereocenters. The van der Waals surface area contributed by atoms with E-state index in [4.69, 9.17) is 10.6 Å². The molecule has 3 amide bonds. The average Bonchev–Trinajstić information content (AvgIpc) is 3.06. The van der Waals surface area contributed by atoms with Crippen molar-refractivity contribution in [3.63, 3.8) is 0 Å². The number of imide groups is 1. The van der Waals surface area contributed by atoms with Gasteiger partial charge in [0.05, 0.1) is 12.0 Å². The van der Waals surface area contributed by atoms with Crippen molar-refractivity contribution in [1.82, 2.24) is 9.96 Å². The number of rotatable bonds is 6. The molecular formula is C17H20FN3O4. The second kappa shape index (κ2) is 6.89. The molecule has 0 bridgehead atoms. The number of primary amides is 1. The highest BCUT2D eigenvalue weighted by Crippen LogP contribution is 2.44. The predicted molar refractivity (Wildman–Crippen MR) is 85.0 cm³/mol. The molecule has 0 aliphatic carbocycles. The maximum absolute atomic E-state index is 13.3. The summed E-state index contributed by atoms with van der Waals surface area (Å²) in [7, 11) is 0. The van der Waals surface area contributed by atoms with Crippen LogP contribution in [0.15, 0.2) is 24.3 Å². The largest absolute Gasteiger partial charge is 0.370 e. The highest BCUT2D eigenvalue weighted by molar-refractivity contribution is 6.07. The van der Waals surface area contributed by atoms with Crippen molar-refractivity contribution < 1.29 is 23.6 Å². The molecule has 0 saturated carbocycles. The molecule has 0 aromatic heterocycles. The van der Waals surface area contributed by atoms with Gasteiger partial charge >= 0.3 is 0 Å². The Balaban J connectivity index is 1.93. The van der Waals surface area contributed by atoms with E-state index in [0.717, 1.165) is 0 Å². The van der Waals surface area contributed by atoms with Crippen LogP contribution < -0.4 is 5.73 Å². The Kier molecular flexibility index (Phi) is 4.82. The summed E-state index contributed by atoms with van der Waals surface area (Å²) in [5.74, 6) is -2.29. The molecule has 25 heavy (non-hydrogen) atoms. The number of fused-ring (bicyclic) bond motifs is 1. The third-order valence-corrected chi connectivity index (χ3v) is 4.52. The monoisotopic (exact) mass is 349 g/mol. The molecular weight excluding hydrogens is 329 g/mol. The first kappa shape index (κ1) is 17.5. The van der Waals surface area contributed by atoms with Gasteiger partial charge in [0.15, 0.2) is 6.10 Å². The first-order valence-corrected chi connectivity index (χ1v) is 8.26. The number of likely N-dealkylation sites (tertiary alicyclic amines) is 1. The van der Waals surface area contributed by atoms with E-state index in [9.17, 15) is 18.8 Å². The minimum atomic E-state index is -0.915. The van der Waals surface area contributed by atoms with Crippen LogP contribution in [-0.4, -0.2) is 46.9 Å². The summed E-state index contributed by atoms with van der Waals surface area (Å²) in [6.45, 7) is 2.37. The number of hydroxylamine groups is 2. The minimum absolute atomic E-state index is 0.0260. The van der Waals surface area contributed by atoms with Gasteiger partial charge in [-0.3, -0.25) is 24.1 Å². The van der Waals surface area contributed by atoms with E-state index in [1.807, 2.05) is 6.92 Å². The zero-order chi connectivity index (χ0) is 18.1. The molecule has 134 valence electrons. The van der Waals surface area contributed by atoms with Crippen LogP contribution in [0.25, 0.3) is 0 Å². The Morgan fingerprint density at radius 2 is 1.88 bits per heavy atom. The minimum Gasteiger partial charge on any atom is -0.370 e. The van der Waals surface area contributed by atoms with E-state index in [2.05, 4.69) is 0 Å². The second-order valence-corrected chi connectivity index (χ2v) is 6.23. The van der Waals surface area contributed by atoms with Gasteiger partial charge in [-0.15, -0.1) is 0 Å². The number of nitrogens with zero attached hydrogens (tertiary/aromatic N) is 2.